The molecule has 5 nitrogen and oxygen atoms in total. The van der Waals surface area contributed by atoms with E-state index < -0.39 is 11.9 Å². The van der Waals surface area contributed by atoms with Gasteiger partial charge in [0.05, 0.1) is 18.1 Å². The van der Waals surface area contributed by atoms with Gasteiger partial charge in [0.25, 0.3) is 0 Å². The van der Waals surface area contributed by atoms with Crippen molar-refractivity contribution in [2.45, 2.75) is 6.18 Å². The minimum Gasteiger partial charge on any atom is -0.262 e. The highest BCUT2D eigenvalue weighted by Crippen LogP contribution is 2.28. The first-order chi connectivity index (χ1) is 10.0. The van der Waals surface area contributed by atoms with Crippen LogP contribution in [0.15, 0.2) is 49.1 Å². The number of halogens is 3. The van der Waals surface area contributed by atoms with Gasteiger partial charge in [-0.05, 0) is 24.3 Å². The molecule has 0 saturated heterocycles. The molecule has 0 spiro atoms. The van der Waals surface area contributed by atoms with Crippen LogP contribution in [0.3, 0.4) is 0 Å². The molecule has 0 saturated carbocycles. The van der Waals surface area contributed by atoms with Gasteiger partial charge in [-0.1, -0.05) is 5.21 Å². The predicted octanol–water partition coefficient (Wildman–Crippen LogP) is 2.74. The zero-order chi connectivity index (χ0) is 14.9. The molecule has 0 N–H and O–H groups in total. The summed E-state index contributed by atoms with van der Waals surface area (Å²) in [4.78, 5) is 7.35. The highest BCUT2D eigenvalue weighted by molar-refractivity contribution is 5.57. The fraction of sp³-hybridized carbons (Fsp3) is 0.0769. The maximum atomic E-state index is 12.4. The van der Waals surface area contributed by atoms with Gasteiger partial charge in [-0.3, -0.25) is 9.97 Å². The lowest BCUT2D eigenvalue weighted by Crippen LogP contribution is -2.07. The van der Waals surface area contributed by atoms with E-state index in [4.69, 9.17) is 0 Å². The number of alkyl halides is 3. The molecule has 0 aliphatic carbocycles. The first kappa shape index (κ1) is 13.2. The van der Waals surface area contributed by atoms with Crippen molar-refractivity contribution in [1.29, 1.82) is 0 Å². The van der Waals surface area contributed by atoms with Crippen LogP contribution in [-0.4, -0.2) is 25.0 Å². The Kier molecular flexibility index (Phi) is 3.13. The molecular weight excluding hydrogens is 283 g/mol. The number of pyridine rings is 2. The Labute approximate surface area is 117 Å². The molecule has 8 heteroatoms. The first-order valence-electron chi connectivity index (χ1n) is 5.90. The molecular formula is C13H8F3N5. The van der Waals surface area contributed by atoms with E-state index in [0.29, 0.717) is 16.9 Å². The Morgan fingerprint density at radius 1 is 1.05 bits per heavy atom. The van der Waals surface area contributed by atoms with E-state index >= 15 is 0 Å². The van der Waals surface area contributed by atoms with Gasteiger partial charge in [0.15, 0.2) is 0 Å². The fourth-order valence-electron chi connectivity index (χ4n) is 1.72. The average molecular weight is 291 g/mol. The molecule has 3 aromatic rings. The van der Waals surface area contributed by atoms with Gasteiger partial charge in [0.2, 0.25) is 0 Å². The molecule has 0 bridgehead atoms. The lowest BCUT2D eigenvalue weighted by Gasteiger charge is -2.04. The van der Waals surface area contributed by atoms with E-state index in [1.807, 2.05) is 0 Å². The van der Waals surface area contributed by atoms with Crippen LogP contribution in [0.25, 0.3) is 16.9 Å². The topological polar surface area (TPSA) is 56.5 Å². The van der Waals surface area contributed by atoms with E-state index in [0.717, 1.165) is 12.3 Å². The quantitative estimate of drug-likeness (QED) is 0.728. The van der Waals surface area contributed by atoms with Gasteiger partial charge >= 0.3 is 6.18 Å². The predicted molar refractivity (Wildman–Crippen MR) is 67.4 cm³/mol. The molecule has 0 aliphatic rings. The van der Waals surface area contributed by atoms with Crippen LogP contribution in [0.1, 0.15) is 5.69 Å². The van der Waals surface area contributed by atoms with Crippen molar-refractivity contribution in [1.82, 2.24) is 25.0 Å². The maximum absolute atomic E-state index is 12.4. The third kappa shape index (κ3) is 2.73. The summed E-state index contributed by atoms with van der Waals surface area (Å²) in [6, 6.07) is 5.76. The monoisotopic (exact) mass is 291 g/mol. The van der Waals surface area contributed by atoms with Crippen LogP contribution >= 0.6 is 0 Å². The van der Waals surface area contributed by atoms with Crippen LogP contribution in [0, 0.1) is 0 Å². The van der Waals surface area contributed by atoms with Gasteiger partial charge < -0.3 is 0 Å². The van der Waals surface area contributed by atoms with E-state index in [9.17, 15) is 13.2 Å². The molecule has 3 aromatic heterocycles. The smallest absolute Gasteiger partial charge is 0.262 e. The molecule has 0 aromatic carbocycles. The summed E-state index contributed by atoms with van der Waals surface area (Å²) in [7, 11) is 0. The van der Waals surface area contributed by atoms with Crippen molar-refractivity contribution < 1.29 is 13.2 Å². The molecule has 0 atom stereocenters. The van der Waals surface area contributed by atoms with Crippen LogP contribution in [0.5, 0.6) is 0 Å². The zero-order valence-electron chi connectivity index (χ0n) is 10.5. The number of hydrogen-bond acceptors (Lipinski definition) is 4. The van der Waals surface area contributed by atoms with E-state index in [2.05, 4.69) is 20.3 Å². The molecule has 3 heterocycles. The Morgan fingerprint density at radius 3 is 2.52 bits per heavy atom. The van der Waals surface area contributed by atoms with Crippen molar-refractivity contribution in [2.75, 3.05) is 0 Å². The second kappa shape index (κ2) is 4.97. The minimum absolute atomic E-state index is 0.431. The van der Waals surface area contributed by atoms with Gasteiger partial charge in [-0.15, -0.1) is 5.10 Å². The first-order valence-corrected chi connectivity index (χ1v) is 5.90. The molecule has 21 heavy (non-hydrogen) atoms. The summed E-state index contributed by atoms with van der Waals surface area (Å²) in [5.74, 6) is 0. The van der Waals surface area contributed by atoms with Crippen molar-refractivity contribution in [3.8, 4) is 16.9 Å². The lowest BCUT2D eigenvalue weighted by molar-refractivity contribution is -0.141. The maximum Gasteiger partial charge on any atom is 0.433 e. The van der Waals surface area contributed by atoms with Crippen molar-refractivity contribution in [3.63, 3.8) is 0 Å². The van der Waals surface area contributed by atoms with Gasteiger partial charge in [-0.25, -0.2) is 4.68 Å². The lowest BCUT2D eigenvalue weighted by atomic mass is 10.2. The molecule has 0 unspecified atom stereocenters. The number of nitrogens with zero attached hydrogens (tertiary/aromatic N) is 5. The third-order valence-corrected chi connectivity index (χ3v) is 2.75. The Bertz CT molecular complexity index is 735. The average Bonchev–Trinajstić information content (AvgIpc) is 2.97. The van der Waals surface area contributed by atoms with E-state index in [-0.39, 0.29) is 0 Å². The van der Waals surface area contributed by atoms with Crippen molar-refractivity contribution in [3.05, 3.63) is 54.7 Å². The Balaban J connectivity index is 1.90. The molecule has 0 aliphatic heterocycles. The number of rotatable bonds is 2. The Hall–Kier alpha value is -2.77. The molecule has 0 fully saturated rings. The largest absolute Gasteiger partial charge is 0.433 e. The van der Waals surface area contributed by atoms with Crippen LogP contribution < -0.4 is 0 Å². The van der Waals surface area contributed by atoms with Gasteiger partial charge in [0, 0.05) is 18.0 Å². The molecule has 106 valence electrons. The summed E-state index contributed by atoms with van der Waals surface area (Å²) in [5.41, 5.74) is 0.653. The molecule has 3 rings (SSSR count). The van der Waals surface area contributed by atoms with Crippen molar-refractivity contribution >= 4 is 0 Å². The number of aromatic nitrogens is 5. The minimum atomic E-state index is -4.45. The van der Waals surface area contributed by atoms with E-state index in [1.165, 1.54) is 10.7 Å². The summed E-state index contributed by atoms with van der Waals surface area (Å²) in [6.45, 7) is 0. The highest BCUT2D eigenvalue weighted by atomic mass is 19.4. The SMILES string of the molecule is FC(F)(F)c1ccc(-c2cn(-c3cccnc3)nn2)cn1. The second-order valence-electron chi connectivity index (χ2n) is 4.19. The van der Waals surface area contributed by atoms with Crippen molar-refractivity contribution in [2.24, 2.45) is 0 Å². The summed E-state index contributed by atoms with van der Waals surface area (Å²) < 4.78 is 38.8. The summed E-state index contributed by atoms with van der Waals surface area (Å²) in [5, 5.41) is 7.83. The normalized spacial score (nSPS) is 11.6. The molecule has 0 amide bonds. The standard InChI is InChI=1S/C13H8F3N5/c14-13(15,16)12-4-3-9(6-18-12)11-8-21(20-19-11)10-2-1-5-17-7-10/h1-8H. The van der Waals surface area contributed by atoms with Crippen LogP contribution in [0.2, 0.25) is 0 Å². The third-order valence-electron chi connectivity index (χ3n) is 2.75. The van der Waals surface area contributed by atoms with Gasteiger partial charge in [-0.2, -0.15) is 13.2 Å². The van der Waals surface area contributed by atoms with Gasteiger partial charge in [0.1, 0.15) is 11.4 Å². The van der Waals surface area contributed by atoms with E-state index in [1.54, 1.807) is 30.7 Å². The second-order valence-corrected chi connectivity index (χ2v) is 4.19. The Morgan fingerprint density at radius 2 is 1.90 bits per heavy atom. The van der Waals surface area contributed by atoms with Crippen LogP contribution in [-0.2, 0) is 6.18 Å². The zero-order valence-corrected chi connectivity index (χ0v) is 10.5. The van der Waals surface area contributed by atoms with Crippen LogP contribution in [0.4, 0.5) is 13.2 Å². The fourth-order valence-corrected chi connectivity index (χ4v) is 1.72. The highest BCUT2D eigenvalue weighted by Gasteiger charge is 2.32. The number of hydrogen-bond donors (Lipinski definition) is 0. The summed E-state index contributed by atoms with van der Waals surface area (Å²) in [6.07, 6.45) is 1.50. The molecule has 0 radical (unpaired) electrons. The summed E-state index contributed by atoms with van der Waals surface area (Å²) >= 11 is 0.